The zero-order chi connectivity index (χ0) is 16.0. The molecule has 2 heterocycles. The number of hydrogen-bond acceptors (Lipinski definition) is 4. The second kappa shape index (κ2) is 5.80. The van der Waals surface area contributed by atoms with Gasteiger partial charge in [0.1, 0.15) is 0 Å². The Labute approximate surface area is 143 Å². The maximum atomic E-state index is 12.6. The van der Waals surface area contributed by atoms with Crippen LogP contribution in [0.15, 0.2) is 40.5 Å². The standard InChI is InChI=1S/C17H15ClN2O2S/c18-11-6-4-10(5-7-11)16-15-12(2-1-3-13(15)21)19-17-20(16)14(22)8-9-23-17/h4-7,16H,1-3,8-9H2/t16-/m1/s1. The van der Waals surface area contributed by atoms with Gasteiger partial charge in [-0.15, -0.1) is 0 Å². The first-order valence-electron chi connectivity index (χ1n) is 7.70. The van der Waals surface area contributed by atoms with Crippen LogP contribution < -0.4 is 0 Å². The van der Waals surface area contributed by atoms with Crippen LogP contribution in [0.4, 0.5) is 0 Å². The molecule has 23 heavy (non-hydrogen) atoms. The first-order valence-corrected chi connectivity index (χ1v) is 9.07. The molecule has 0 saturated carbocycles. The van der Waals surface area contributed by atoms with E-state index in [1.807, 2.05) is 12.1 Å². The molecule has 1 aromatic carbocycles. The zero-order valence-corrected chi connectivity index (χ0v) is 14.0. The van der Waals surface area contributed by atoms with Crippen LogP contribution in [-0.4, -0.2) is 27.5 Å². The molecule has 1 aromatic rings. The van der Waals surface area contributed by atoms with E-state index in [9.17, 15) is 9.59 Å². The molecule has 1 fully saturated rings. The molecule has 1 aliphatic carbocycles. The molecule has 1 amide bonds. The fourth-order valence-electron chi connectivity index (χ4n) is 3.35. The van der Waals surface area contributed by atoms with Crippen LogP contribution in [0.5, 0.6) is 0 Å². The van der Waals surface area contributed by atoms with Gasteiger partial charge >= 0.3 is 0 Å². The molecule has 6 heteroatoms. The summed E-state index contributed by atoms with van der Waals surface area (Å²) in [5.74, 6) is 0.891. The highest BCUT2D eigenvalue weighted by molar-refractivity contribution is 8.14. The molecule has 0 unspecified atom stereocenters. The highest BCUT2D eigenvalue weighted by Crippen LogP contribution is 2.43. The molecule has 0 aromatic heterocycles. The summed E-state index contributed by atoms with van der Waals surface area (Å²) in [5.41, 5.74) is 2.47. The average Bonchev–Trinajstić information content (AvgIpc) is 2.54. The summed E-state index contributed by atoms with van der Waals surface area (Å²) in [6.07, 6.45) is 2.64. The molecule has 0 spiro atoms. The van der Waals surface area contributed by atoms with E-state index < -0.39 is 0 Å². The van der Waals surface area contributed by atoms with E-state index in [-0.39, 0.29) is 17.7 Å². The molecule has 2 aliphatic heterocycles. The number of aliphatic imine (C=N–C) groups is 1. The van der Waals surface area contributed by atoms with Gasteiger partial charge in [-0.3, -0.25) is 14.5 Å². The van der Waals surface area contributed by atoms with Crippen LogP contribution in [0.2, 0.25) is 5.02 Å². The SMILES string of the molecule is O=C1CCCC2=C1[C@@H](c1ccc(Cl)cc1)N1C(=O)CCSC1=N2. The second-order valence-electron chi connectivity index (χ2n) is 5.85. The minimum Gasteiger partial charge on any atom is -0.294 e. The normalized spacial score (nSPS) is 24.3. The number of ketones is 1. The van der Waals surface area contributed by atoms with Crippen LogP contribution in [0, 0.1) is 0 Å². The van der Waals surface area contributed by atoms with Crippen LogP contribution in [0.3, 0.4) is 0 Å². The molecule has 0 N–H and O–H groups in total. The topological polar surface area (TPSA) is 49.7 Å². The van der Waals surface area contributed by atoms with Gasteiger partial charge in [0, 0.05) is 29.2 Å². The van der Waals surface area contributed by atoms with Gasteiger partial charge in [-0.05, 0) is 30.5 Å². The average molecular weight is 347 g/mol. The van der Waals surface area contributed by atoms with Crippen molar-refractivity contribution in [1.29, 1.82) is 0 Å². The number of benzene rings is 1. The van der Waals surface area contributed by atoms with Crippen LogP contribution >= 0.6 is 23.4 Å². The van der Waals surface area contributed by atoms with Gasteiger partial charge in [-0.2, -0.15) is 0 Å². The monoisotopic (exact) mass is 346 g/mol. The predicted octanol–water partition coefficient (Wildman–Crippen LogP) is 3.72. The van der Waals surface area contributed by atoms with Crippen molar-refractivity contribution in [1.82, 2.24) is 4.90 Å². The lowest BCUT2D eigenvalue weighted by molar-refractivity contribution is -0.128. The van der Waals surface area contributed by atoms with Crippen molar-refractivity contribution in [3.8, 4) is 0 Å². The number of carbonyl (C=O) groups is 2. The number of allylic oxidation sites excluding steroid dienone is 1. The van der Waals surface area contributed by atoms with Crippen molar-refractivity contribution in [2.75, 3.05) is 5.75 Å². The van der Waals surface area contributed by atoms with Gasteiger partial charge in [0.15, 0.2) is 11.0 Å². The van der Waals surface area contributed by atoms with Gasteiger partial charge in [0.2, 0.25) is 5.91 Å². The van der Waals surface area contributed by atoms with Crippen LogP contribution in [0.25, 0.3) is 0 Å². The number of thioether (sulfide) groups is 1. The summed E-state index contributed by atoms with van der Waals surface area (Å²) < 4.78 is 0. The first kappa shape index (κ1) is 15.0. The molecule has 3 aliphatic rings. The summed E-state index contributed by atoms with van der Waals surface area (Å²) in [6, 6.07) is 7.04. The van der Waals surface area contributed by atoms with E-state index >= 15 is 0 Å². The van der Waals surface area contributed by atoms with Gasteiger partial charge in [-0.1, -0.05) is 35.5 Å². The fraction of sp³-hybridized carbons (Fsp3) is 0.353. The zero-order valence-electron chi connectivity index (χ0n) is 12.4. The molecular weight excluding hydrogens is 332 g/mol. The van der Waals surface area contributed by atoms with Gasteiger partial charge in [-0.25, -0.2) is 4.99 Å². The van der Waals surface area contributed by atoms with Crippen molar-refractivity contribution >= 4 is 40.2 Å². The number of nitrogens with zero attached hydrogens (tertiary/aromatic N) is 2. The third-order valence-electron chi connectivity index (χ3n) is 4.40. The molecule has 0 bridgehead atoms. The number of Topliss-reactive ketones (excluding diaryl/α,β-unsaturated/α-hetero) is 1. The first-order chi connectivity index (χ1) is 11.1. The second-order valence-corrected chi connectivity index (χ2v) is 7.35. The summed E-state index contributed by atoms with van der Waals surface area (Å²) in [7, 11) is 0. The molecular formula is C17H15ClN2O2S. The van der Waals surface area contributed by atoms with Crippen molar-refractivity contribution in [2.45, 2.75) is 31.7 Å². The smallest absolute Gasteiger partial charge is 0.230 e. The molecule has 0 radical (unpaired) electrons. The number of fused-ring (bicyclic) bond motifs is 1. The lowest BCUT2D eigenvalue weighted by Crippen LogP contribution is -2.46. The summed E-state index contributed by atoms with van der Waals surface area (Å²) in [6.45, 7) is 0. The number of amides is 1. The molecule has 4 nitrogen and oxygen atoms in total. The van der Waals surface area contributed by atoms with E-state index in [0.717, 1.165) is 35.0 Å². The number of carbonyl (C=O) groups excluding carboxylic acids is 2. The van der Waals surface area contributed by atoms with Crippen LogP contribution in [0.1, 0.15) is 37.3 Å². The summed E-state index contributed by atoms with van der Waals surface area (Å²) in [4.78, 5) is 31.4. The number of halogens is 1. The van der Waals surface area contributed by atoms with Gasteiger partial charge in [0.25, 0.3) is 0 Å². The van der Waals surface area contributed by atoms with Crippen LogP contribution in [-0.2, 0) is 9.59 Å². The Balaban J connectivity index is 1.89. The van der Waals surface area contributed by atoms with E-state index in [1.165, 1.54) is 0 Å². The Hall–Kier alpha value is -1.59. The predicted molar refractivity (Wildman–Crippen MR) is 91.4 cm³/mol. The van der Waals surface area contributed by atoms with E-state index in [1.54, 1.807) is 28.8 Å². The molecule has 1 saturated heterocycles. The van der Waals surface area contributed by atoms with Gasteiger partial charge < -0.3 is 0 Å². The van der Waals surface area contributed by atoms with Crippen molar-refractivity contribution in [3.63, 3.8) is 0 Å². The Morgan fingerprint density at radius 3 is 2.70 bits per heavy atom. The lowest BCUT2D eigenvalue weighted by atomic mass is 9.85. The maximum Gasteiger partial charge on any atom is 0.230 e. The maximum absolute atomic E-state index is 12.6. The quantitative estimate of drug-likeness (QED) is 0.778. The summed E-state index contributed by atoms with van der Waals surface area (Å²) in [5, 5.41) is 1.37. The fourth-order valence-corrected chi connectivity index (χ4v) is 4.45. The van der Waals surface area contributed by atoms with Crippen molar-refractivity contribution < 1.29 is 9.59 Å². The van der Waals surface area contributed by atoms with E-state index in [0.29, 0.717) is 23.4 Å². The summed E-state index contributed by atoms with van der Waals surface area (Å²) >= 11 is 7.59. The third-order valence-corrected chi connectivity index (χ3v) is 5.60. The minimum absolute atomic E-state index is 0.0346. The number of hydrogen-bond donors (Lipinski definition) is 0. The lowest BCUT2D eigenvalue weighted by Gasteiger charge is -2.40. The largest absolute Gasteiger partial charge is 0.294 e. The van der Waals surface area contributed by atoms with E-state index in [4.69, 9.17) is 11.6 Å². The Bertz CT molecular complexity index is 754. The highest BCUT2D eigenvalue weighted by Gasteiger charge is 2.42. The number of amidine groups is 1. The Kier molecular flexibility index (Phi) is 3.77. The Morgan fingerprint density at radius 1 is 1.13 bits per heavy atom. The van der Waals surface area contributed by atoms with E-state index in [2.05, 4.69) is 4.99 Å². The molecule has 1 atom stereocenters. The molecule has 118 valence electrons. The van der Waals surface area contributed by atoms with Crippen molar-refractivity contribution in [2.24, 2.45) is 4.99 Å². The molecule has 4 rings (SSSR count). The minimum atomic E-state index is -0.358. The Morgan fingerprint density at radius 2 is 1.91 bits per heavy atom. The van der Waals surface area contributed by atoms with Crippen molar-refractivity contribution in [3.05, 3.63) is 46.1 Å². The van der Waals surface area contributed by atoms with Gasteiger partial charge in [0.05, 0.1) is 11.7 Å². The highest BCUT2D eigenvalue weighted by atomic mass is 35.5. The third kappa shape index (κ3) is 2.52. The number of rotatable bonds is 1.